The maximum atomic E-state index is 13.8. The Balaban J connectivity index is 1.57. The number of pyridine rings is 1. The van der Waals surface area contributed by atoms with Crippen molar-refractivity contribution in [1.29, 1.82) is 5.26 Å². The molecule has 0 atom stereocenters. The van der Waals surface area contributed by atoms with Crippen LogP contribution in [-0.4, -0.2) is 39.5 Å². The van der Waals surface area contributed by atoms with Crippen molar-refractivity contribution in [3.8, 4) is 6.07 Å². The van der Waals surface area contributed by atoms with Crippen LogP contribution in [0, 0.1) is 11.3 Å². The number of amidine groups is 1. The highest BCUT2D eigenvalue weighted by atomic mass is 32.2. The fraction of sp³-hybridized carbons (Fsp3) is 0.308. The molecule has 0 radical (unpaired) electrons. The van der Waals surface area contributed by atoms with Crippen LogP contribution in [0.4, 0.5) is 11.4 Å². The Bertz CT molecular complexity index is 1290. The van der Waals surface area contributed by atoms with Crippen LogP contribution >= 0.6 is 23.5 Å². The van der Waals surface area contributed by atoms with Crippen LogP contribution in [0.15, 0.2) is 68.3 Å². The number of carbonyl (C=O) groups is 1. The number of hydrogen-bond acceptors (Lipinski definition) is 8. The van der Waals surface area contributed by atoms with E-state index in [1.54, 1.807) is 41.2 Å². The van der Waals surface area contributed by atoms with Gasteiger partial charge in [-0.15, -0.1) is 0 Å². The molecule has 1 saturated heterocycles. The SMILES string of the molecule is CCNc1ccc(C#N)cc1/N=C1\S/C(=C2\SC3=C(CCCC3)N2C)C(=O)N1Cc1cccnc1. The van der Waals surface area contributed by atoms with E-state index in [1.165, 1.54) is 35.2 Å². The summed E-state index contributed by atoms with van der Waals surface area (Å²) < 4.78 is 0. The summed E-state index contributed by atoms with van der Waals surface area (Å²) in [4.78, 5) is 29.0. The van der Waals surface area contributed by atoms with Gasteiger partial charge in [-0.3, -0.25) is 14.7 Å². The number of nitrogens with zero attached hydrogens (tertiary/aromatic N) is 5. The zero-order valence-electron chi connectivity index (χ0n) is 19.7. The maximum Gasteiger partial charge on any atom is 0.269 e. The molecule has 1 aromatic carbocycles. The van der Waals surface area contributed by atoms with Gasteiger partial charge in [-0.1, -0.05) is 17.8 Å². The minimum atomic E-state index is -0.0479. The minimum absolute atomic E-state index is 0.0479. The number of nitrogens with one attached hydrogen (secondary N) is 1. The van der Waals surface area contributed by atoms with Gasteiger partial charge >= 0.3 is 0 Å². The first-order chi connectivity index (χ1) is 17.1. The normalized spacial score (nSPS) is 21.1. The number of anilines is 1. The number of benzene rings is 1. The lowest BCUT2D eigenvalue weighted by Crippen LogP contribution is -2.29. The van der Waals surface area contributed by atoms with E-state index >= 15 is 0 Å². The number of aromatic nitrogens is 1. The second-order valence-electron chi connectivity index (χ2n) is 8.50. The third-order valence-electron chi connectivity index (χ3n) is 6.15. The molecule has 0 bridgehead atoms. The van der Waals surface area contributed by atoms with Crippen LogP contribution in [0.25, 0.3) is 0 Å². The predicted molar refractivity (Wildman–Crippen MR) is 143 cm³/mol. The van der Waals surface area contributed by atoms with Crippen LogP contribution in [0.3, 0.4) is 0 Å². The van der Waals surface area contributed by atoms with E-state index in [1.807, 2.05) is 25.1 Å². The summed E-state index contributed by atoms with van der Waals surface area (Å²) in [5.74, 6) is -0.0479. The first-order valence-electron chi connectivity index (χ1n) is 11.7. The lowest BCUT2D eigenvalue weighted by Gasteiger charge is -2.20. The molecular weight excluding hydrogens is 476 g/mol. The van der Waals surface area contributed by atoms with Gasteiger partial charge in [0.15, 0.2) is 5.17 Å². The van der Waals surface area contributed by atoms with Gasteiger partial charge in [0, 0.05) is 36.6 Å². The Morgan fingerprint density at radius 2 is 2.09 bits per heavy atom. The maximum absolute atomic E-state index is 13.8. The van der Waals surface area contributed by atoms with Gasteiger partial charge in [0.05, 0.1) is 34.6 Å². The van der Waals surface area contributed by atoms with E-state index in [2.05, 4.69) is 28.3 Å². The number of aliphatic imine (C=N–C) groups is 1. The average Bonchev–Trinajstić information content (AvgIpc) is 3.37. The Morgan fingerprint density at radius 1 is 1.23 bits per heavy atom. The number of amides is 1. The number of thioether (sulfide) groups is 2. The topological polar surface area (TPSA) is 84.6 Å². The van der Waals surface area contributed by atoms with Crippen molar-refractivity contribution >= 4 is 46.0 Å². The molecule has 35 heavy (non-hydrogen) atoms. The summed E-state index contributed by atoms with van der Waals surface area (Å²) in [7, 11) is 2.07. The third-order valence-corrected chi connectivity index (χ3v) is 8.70. The fourth-order valence-corrected chi connectivity index (χ4v) is 6.92. The second-order valence-corrected chi connectivity index (χ2v) is 10.6. The van der Waals surface area contributed by atoms with Gasteiger partial charge in [-0.25, -0.2) is 4.99 Å². The number of allylic oxidation sites excluding steroid dienone is 2. The molecule has 1 amide bonds. The predicted octanol–water partition coefficient (Wildman–Crippen LogP) is 5.78. The largest absolute Gasteiger partial charge is 0.384 e. The average molecular weight is 503 g/mol. The van der Waals surface area contributed by atoms with E-state index in [9.17, 15) is 10.1 Å². The van der Waals surface area contributed by atoms with Crippen molar-refractivity contribution in [2.45, 2.75) is 39.2 Å². The van der Waals surface area contributed by atoms with E-state index in [0.29, 0.717) is 27.9 Å². The van der Waals surface area contributed by atoms with Crippen molar-refractivity contribution in [3.05, 3.63) is 74.4 Å². The zero-order chi connectivity index (χ0) is 24.4. The van der Waals surface area contributed by atoms with Crippen LogP contribution in [0.1, 0.15) is 43.7 Å². The number of carbonyl (C=O) groups excluding carboxylic acids is 1. The highest BCUT2D eigenvalue weighted by Gasteiger charge is 2.40. The Kier molecular flexibility index (Phi) is 6.84. The molecule has 1 aromatic heterocycles. The van der Waals surface area contributed by atoms with Gasteiger partial charge in [0.1, 0.15) is 4.91 Å². The van der Waals surface area contributed by atoms with Crippen molar-refractivity contribution in [3.63, 3.8) is 0 Å². The van der Waals surface area contributed by atoms with Gasteiger partial charge < -0.3 is 10.2 Å². The number of hydrogen-bond donors (Lipinski definition) is 1. The standard InChI is InChI=1S/C26H26N6OS2/c1-3-29-19-11-10-17(14-27)13-20(19)30-26-32(16-18-7-6-12-28-15-18)24(33)23(35-26)25-31(2)21-8-4-5-9-22(21)34-25/h6-7,10-13,15,29H,3-5,8-9,16H2,1-2H3/b25-23-,30-26-. The van der Waals surface area contributed by atoms with Crippen molar-refractivity contribution in [1.82, 2.24) is 14.8 Å². The van der Waals surface area contributed by atoms with Crippen LogP contribution in [0.5, 0.6) is 0 Å². The molecule has 2 aromatic rings. The van der Waals surface area contributed by atoms with Crippen molar-refractivity contribution in [2.24, 2.45) is 4.99 Å². The molecule has 3 heterocycles. The summed E-state index contributed by atoms with van der Waals surface area (Å²) in [6.45, 7) is 3.12. The minimum Gasteiger partial charge on any atom is -0.384 e. The summed E-state index contributed by atoms with van der Waals surface area (Å²) >= 11 is 3.15. The summed E-state index contributed by atoms with van der Waals surface area (Å²) in [6.07, 6.45) is 8.02. The molecule has 1 aliphatic carbocycles. The fourth-order valence-electron chi connectivity index (χ4n) is 4.40. The van der Waals surface area contributed by atoms with E-state index < -0.39 is 0 Å². The summed E-state index contributed by atoms with van der Waals surface area (Å²) in [5, 5.41) is 14.3. The Labute approximate surface area is 214 Å². The molecule has 5 rings (SSSR count). The van der Waals surface area contributed by atoms with Gasteiger partial charge in [0.2, 0.25) is 0 Å². The molecule has 9 heteroatoms. The monoisotopic (exact) mass is 502 g/mol. The molecule has 3 aliphatic rings. The smallest absolute Gasteiger partial charge is 0.269 e. The molecule has 0 spiro atoms. The Hall–Kier alpha value is -3.22. The molecule has 0 saturated carbocycles. The molecule has 7 nitrogen and oxygen atoms in total. The lowest BCUT2D eigenvalue weighted by atomic mass is 10.0. The van der Waals surface area contributed by atoms with Crippen LogP contribution in [0.2, 0.25) is 0 Å². The molecule has 1 N–H and O–H groups in total. The van der Waals surface area contributed by atoms with E-state index in [4.69, 9.17) is 4.99 Å². The first-order valence-corrected chi connectivity index (χ1v) is 13.4. The van der Waals surface area contributed by atoms with Gasteiger partial charge in [0.25, 0.3) is 5.91 Å². The van der Waals surface area contributed by atoms with Crippen LogP contribution < -0.4 is 5.32 Å². The molecule has 0 unspecified atom stereocenters. The van der Waals surface area contributed by atoms with Gasteiger partial charge in [-0.2, -0.15) is 5.26 Å². The van der Waals surface area contributed by atoms with E-state index in [0.717, 1.165) is 35.7 Å². The molecular formula is C26H26N6OS2. The highest BCUT2D eigenvalue weighted by Crippen LogP contribution is 2.51. The first kappa shape index (κ1) is 23.5. The quantitative estimate of drug-likeness (QED) is 0.519. The molecule has 1 fully saturated rings. The van der Waals surface area contributed by atoms with E-state index in [-0.39, 0.29) is 5.91 Å². The van der Waals surface area contributed by atoms with Crippen molar-refractivity contribution < 1.29 is 4.79 Å². The second kappa shape index (κ2) is 10.2. The number of nitriles is 1. The molecule has 2 aliphatic heterocycles. The Morgan fingerprint density at radius 3 is 2.83 bits per heavy atom. The van der Waals surface area contributed by atoms with Gasteiger partial charge in [-0.05, 0) is 74.2 Å². The molecule has 178 valence electrons. The van der Waals surface area contributed by atoms with Crippen molar-refractivity contribution in [2.75, 3.05) is 18.9 Å². The lowest BCUT2D eigenvalue weighted by molar-refractivity contribution is -0.122. The summed E-state index contributed by atoms with van der Waals surface area (Å²) in [5.41, 5.74) is 4.29. The van der Waals surface area contributed by atoms with Crippen LogP contribution in [-0.2, 0) is 11.3 Å². The highest BCUT2D eigenvalue weighted by molar-refractivity contribution is 8.19. The number of rotatable bonds is 5. The zero-order valence-corrected chi connectivity index (χ0v) is 21.4. The third kappa shape index (κ3) is 4.68. The summed E-state index contributed by atoms with van der Waals surface area (Å²) in [6, 6.07) is 11.4.